The fourth-order valence-electron chi connectivity index (χ4n) is 2.46. The molecule has 7 heteroatoms. The van der Waals surface area contributed by atoms with E-state index >= 15 is 0 Å². The number of quaternary nitrogens is 1. The molecule has 0 bridgehead atoms. The van der Waals surface area contributed by atoms with Gasteiger partial charge in [0.15, 0.2) is 12.3 Å². The van der Waals surface area contributed by atoms with Crippen molar-refractivity contribution in [3.8, 4) is 16.4 Å². The van der Waals surface area contributed by atoms with E-state index in [0.29, 0.717) is 13.1 Å². The fraction of sp³-hybridized carbons (Fsp3) is 0.222. The minimum absolute atomic E-state index is 0.0513. The van der Waals surface area contributed by atoms with Gasteiger partial charge < -0.3 is 19.5 Å². The first-order chi connectivity index (χ1) is 12.1. The molecular weight excluding hydrogens is 338 g/mol. The van der Waals surface area contributed by atoms with Gasteiger partial charge in [-0.1, -0.05) is 11.2 Å². The summed E-state index contributed by atoms with van der Waals surface area (Å²) in [6, 6.07) is 13.2. The number of amides is 1. The number of aromatic nitrogens is 1. The second-order valence-electron chi connectivity index (χ2n) is 5.75. The summed E-state index contributed by atoms with van der Waals surface area (Å²) in [6.07, 6.45) is 0. The van der Waals surface area contributed by atoms with Crippen LogP contribution in [0, 0.1) is 0 Å². The van der Waals surface area contributed by atoms with Gasteiger partial charge in [-0.25, -0.2) is 0 Å². The van der Waals surface area contributed by atoms with E-state index in [4.69, 9.17) is 9.26 Å². The molecule has 0 aliphatic carbocycles. The van der Waals surface area contributed by atoms with E-state index in [1.165, 1.54) is 0 Å². The zero-order valence-corrected chi connectivity index (χ0v) is 14.9. The van der Waals surface area contributed by atoms with Gasteiger partial charge >= 0.3 is 0 Å². The predicted molar refractivity (Wildman–Crippen MR) is 96.9 cm³/mol. The van der Waals surface area contributed by atoms with E-state index in [2.05, 4.69) is 10.5 Å². The zero-order chi connectivity index (χ0) is 17.6. The molecule has 1 aromatic carbocycles. The average Bonchev–Trinajstić information content (AvgIpc) is 3.26. The predicted octanol–water partition coefficient (Wildman–Crippen LogP) is 2.07. The lowest BCUT2D eigenvalue weighted by atomic mass is 10.3. The second-order valence-corrected chi connectivity index (χ2v) is 6.69. The molecule has 2 heterocycles. The van der Waals surface area contributed by atoms with Gasteiger partial charge in [-0.2, -0.15) is 0 Å². The number of thiophene rings is 1. The number of rotatable bonds is 7. The van der Waals surface area contributed by atoms with Gasteiger partial charge in [-0.05, 0) is 35.7 Å². The number of likely N-dealkylation sites (N-methyl/N-ethyl adjacent to an activating group) is 1. The Labute approximate surface area is 150 Å². The van der Waals surface area contributed by atoms with Gasteiger partial charge in [-0.15, -0.1) is 11.3 Å². The van der Waals surface area contributed by atoms with Crippen LogP contribution in [0.25, 0.3) is 10.6 Å². The van der Waals surface area contributed by atoms with Crippen molar-refractivity contribution >= 4 is 22.9 Å². The maximum atomic E-state index is 12.2. The molecule has 3 aromatic rings. The van der Waals surface area contributed by atoms with Crippen LogP contribution in [0.4, 0.5) is 5.69 Å². The zero-order valence-electron chi connectivity index (χ0n) is 14.1. The Morgan fingerprint density at radius 1 is 1.32 bits per heavy atom. The molecule has 2 aromatic heterocycles. The molecule has 1 atom stereocenters. The maximum Gasteiger partial charge on any atom is 0.279 e. The number of anilines is 1. The third kappa shape index (κ3) is 4.68. The summed E-state index contributed by atoms with van der Waals surface area (Å²) in [5.41, 5.74) is 1.58. The van der Waals surface area contributed by atoms with Gasteiger partial charge in [-0.3, -0.25) is 4.79 Å². The quantitative estimate of drug-likeness (QED) is 0.678. The van der Waals surface area contributed by atoms with Crippen molar-refractivity contribution in [1.82, 2.24) is 5.16 Å². The van der Waals surface area contributed by atoms with Gasteiger partial charge in [0.05, 0.1) is 19.0 Å². The molecule has 6 nitrogen and oxygen atoms in total. The topological polar surface area (TPSA) is 68.8 Å². The molecule has 0 fully saturated rings. The molecule has 0 radical (unpaired) electrons. The number of nitrogens with one attached hydrogen (secondary N) is 2. The molecule has 130 valence electrons. The molecule has 2 N–H and O–H groups in total. The summed E-state index contributed by atoms with van der Waals surface area (Å²) in [5.74, 6) is 1.47. The van der Waals surface area contributed by atoms with E-state index in [0.717, 1.165) is 32.7 Å². The van der Waals surface area contributed by atoms with E-state index in [9.17, 15) is 4.79 Å². The SMILES string of the molecule is COc1ccc(NC(=O)C[NH+](C)Cc2cc(-c3cccs3)on2)cc1. The molecule has 25 heavy (non-hydrogen) atoms. The van der Waals surface area contributed by atoms with Crippen molar-refractivity contribution in [3.63, 3.8) is 0 Å². The Morgan fingerprint density at radius 2 is 2.12 bits per heavy atom. The smallest absolute Gasteiger partial charge is 0.279 e. The number of hydrogen-bond donors (Lipinski definition) is 2. The molecule has 0 spiro atoms. The molecule has 0 saturated carbocycles. The van der Waals surface area contributed by atoms with Gasteiger partial charge in [0.25, 0.3) is 5.91 Å². The third-order valence-corrected chi connectivity index (χ3v) is 4.53. The van der Waals surface area contributed by atoms with Crippen LogP contribution in [0.15, 0.2) is 52.4 Å². The van der Waals surface area contributed by atoms with Crippen molar-refractivity contribution in [1.29, 1.82) is 0 Å². The van der Waals surface area contributed by atoms with Crippen molar-refractivity contribution in [3.05, 3.63) is 53.5 Å². The molecule has 1 unspecified atom stereocenters. The van der Waals surface area contributed by atoms with Crippen molar-refractivity contribution in [2.24, 2.45) is 0 Å². The summed E-state index contributed by atoms with van der Waals surface area (Å²) >= 11 is 1.61. The molecule has 0 saturated heterocycles. The van der Waals surface area contributed by atoms with Crippen LogP contribution in [-0.2, 0) is 11.3 Å². The Bertz CT molecular complexity index is 812. The number of carbonyl (C=O) groups is 1. The van der Waals surface area contributed by atoms with Crippen LogP contribution in [0.5, 0.6) is 5.75 Å². The van der Waals surface area contributed by atoms with Crippen molar-refractivity contribution < 1.29 is 19.0 Å². The van der Waals surface area contributed by atoms with Crippen molar-refractivity contribution in [2.45, 2.75) is 6.54 Å². The maximum absolute atomic E-state index is 12.2. The number of benzene rings is 1. The van der Waals surface area contributed by atoms with Crippen LogP contribution in [-0.4, -0.2) is 31.8 Å². The highest BCUT2D eigenvalue weighted by Gasteiger charge is 2.15. The summed E-state index contributed by atoms with van der Waals surface area (Å²) in [7, 11) is 3.56. The Balaban J connectivity index is 1.51. The largest absolute Gasteiger partial charge is 0.497 e. The van der Waals surface area contributed by atoms with E-state index in [1.54, 1.807) is 18.4 Å². The second kappa shape index (κ2) is 7.96. The number of methoxy groups -OCH3 is 1. The van der Waals surface area contributed by atoms with E-state index in [-0.39, 0.29) is 5.91 Å². The van der Waals surface area contributed by atoms with Crippen LogP contribution >= 0.6 is 11.3 Å². The summed E-state index contributed by atoms with van der Waals surface area (Å²) < 4.78 is 10.5. The number of carbonyl (C=O) groups excluding carboxylic acids is 1. The highest BCUT2D eigenvalue weighted by Crippen LogP contribution is 2.24. The molecule has 3 rings (SSSR count). The summed E-state index contributed by atoms with van der Waals surface area (Å²) in [4.78, 5) is 14.2. The summed E-state index contributed by atoms with van der Waals surface area (Å²) in [5, 5.41) is 8.97. The lowest BCUT2D eigenvalue weighted by molar-refractivity contribution is -0.885. The minimum Gasteiger partial charge on any atom is -0.497 e. The first kappa shape index (κ1) is 17.2. The normalized spacial score (nSPS) is 11.9. The van der Waals surface area contributed by atoms with Gasteiger partial charge in [0.1, 0.15) is 18.0 Å². The minimum atomic E-state index is -0.0513. The molecule has 0 aliphatic heterocycles. The fourth-order valence-corrected chi connectivity index (χ4v) is 3.13. The van der Waals surface area contributed by atoms with Gasteiger partial charge in [0, 0.05) is 11.8 Å². The Morgan fingerprint density at radius 3 is 2.80 bits per heavy atom. The van der Waals surface area contributed by atoms with E-state index in [1.807, 2.05) is 54.9 Å². The van der Waals surface area contributed by atoms with Crippen LogP contribution < -0.4 is 15.0 Å². The number of nitrogens with zero attached hydrogens (tertiary/aromatic N) is 1. The summed E-state index contributed by atoms with van der Waals surface area (Å²) in [6.45, 7) is 0.956. The highest BCUT2D eigenvalue weighted by atomic mass is 32.1. The molecule has 0 aliphatic rings. The number of ether oxygens (including phenoxy) is 1. The average molecular weight is 358 g/mol. The Kier molecular flexibility index (Phi) is 5.47. The van der Waals surface area contributed by atoms with Crippen LogP contribution in [0.3, 0.4) is 0 Å². The standard InChI is InChI=1S/C18H19N3O3S/c1-21(11-14-10-16(24-20-14)17-4-3-9-25-17)12-18(22)19-13-5-7-15(23-2)8-6-13/h3-10H,11-12H2,1-2H3,(H,19,22)/p+1. The highest BCUT2D eigenvalue weighted by molar-refractivity contribution is 7.13. The first-order valence-corrected chi connectivity index (χ1v) is 8.76. The molecule has 1 amide bonds. The monoisotopic (exact) mass is 358 g/mol. The van der Waals surface area contributed by atoms with Crippen LogP contribution in [0.1, 0.15) is 5.69 Å². The third-order valence-electron chi connectivity index (χ3n) is 3.64. The molecular formula is C18H20N3O3S+. The Hall–Kier alpha value is -2.64. The van der Waals surface area contributed by atoms with E-state index < -0.39 is 0 Å². The number of hydrogen-bond acceptors (Lipinski definition) is 5. The van der Waals surface area contributed by atoms with Gasteiger partial charge in [0.2, 0.25) is 0 Å². The first-order valence-electron chi connectivity index (χ1n) is 7.88. The lowest BCUT2D eigenvalue weighted by Gasteiger charge is -2.12. The lowest BCUT2D eigenvalue weighted by Crippen LogP contribution is -3.08. The van der Waals surface area contributed by atoms with Crippen LogP contribution in [0.2, 0.25) is 0 Å². The van der Waals surface area contributed by atoms with Crippen molar-refractivity contribution in [2.75, 3.05) is 26.0 Å².